The van der Waals surface area contributed by atoms with E-state index >= 15 is 0 Å². The van der Waals surface area contributed by atoms with E-state index in [0.29, 0.717) is 17.9 Å². The minimum absolute atomic E-state index is 0.0429. The van der Waals surface area contributed by atoms with Gasteiger partial charge in [-0.15, -0.1) is 0 Å². The molecular weight excluding hydrogens is 156 g/mol. The summed E-state index contributed by atoms with van der Waals surface area (Å²) >= 11 is 0. The van der Waals surface area contributed by atoms with Crippen molar-refractivity contribution in [2.75, 3.05) is 7.11 Å². The Morgan fingerprint density at radius 3 is 2.92 bits per heavy atom. The summed E-state index contributed by atoms with van der Waals surface area (Å²) < 4.78 is 4.86. The van der Waals surface area contributed by atoms with E-state index < -0.39 is 0 Å². The summed E-state index contributed by atoms with van der Waals surface area (Å²) in [5.74, 6) is 0.151. The van der Waals surface area contributed by atoms with E-state index in [4.69, 9.17) is 10.00 Å². The first-order valence-corrected chi connectivity index (χ1v) is 3.67. The van der Waals surface area contributed by atoms with Gasteiger partial charge in [-0.2, -0.15) is 5.26 Å². The van der Waals surface area contributed by atoms with E-state index in [1.807, 2.05) is 13.0 Å². The average Bonchev–Trinajstić information content (AvgIpc) is 2.03. The highest BCUT2D eigenvalue weighted by Crippen LogP contribution is 2.21. The number of ether oxygens (including phenoxy) is 1. The van der Waals surface area contributed by atoms with E-state index in [0.717, 1.165) is 0 Å². The second-order valence-corrected chi connectivity index (χ2v) is 2.71. The maximum absolute atomic E-state index is 11.0. The fourth-order valence-electron chi connectivity index (χ4n) is 1.17. The molecule has 0 aromatic carbocycles. The summed E-state index contributed by atoms with van der Waals surface area (Å²) in [4.78, 5) is 11.0. The number of nitrogens with zero attached hydrogens (tertiary/aromatic N) is 1. The van der Waals surface area contributed by atoms with Crippen LogP contribution in [0.1, 0.15) is 13.3 Å². The van der Waals surface area contributed by atoms with Crippen molar-refractivity contribution in [1.82, 2.24) is 5.32 Å². The Kier molecular flexibility index (Phi) is 2.34. The topological polar surface area (TPSA) is 62.1 Å². The number of methoxy groups -OCH3 is 1. The van der Waals surface area contributed by atoms with Crippen molar-refractivity contribution in [2.45, 2.75) is 13.3 Å². The Labute approximate surface area is 70.8 Å². The van der Waals surface area contributed by atoms with Gasteiger partial charge in [-0.05, 0) is 0 Å². The fourth-order valence-corrected chi connectivity index (χ4v) is 1.17. The highest BCUT2D eigenvalue weighted by molar-refractivity contribution is 5.80. The summed E-state index contributed by atoms with van der Waals surface area (Å²) in [6, 6.07) is 2.02. The third-order valence-corrected chi connectivity index (χ3v) is 1.81. The van der Waals surface area contributed by atoms with E-state index in [9.17, 15) is 4.79 Å². The molecule has 0 spiro atoms. The van der Waals surface area contributed by atoms with Gasteiger partial charge >= 0.3 is 0 Å². The van der Waals surface area contributed by atoms with Crippen LogP contribution in [0.5, 0.6) is 0 Å². The molecule has 4 nitrogen and oxygen atoms in total. The number of carbonyl (C=O) groups excluding carboxylic acids is 1. The fraction of sp³-hybridized carbons (Fsp3) is 0.500. The average molecular weight is 166 g/mol. The number of rotatable bonds is 1. The molecule has 0 fully saturated rings. The molecule has 1 aliphatic rings. The SMILES string of the molecule is COC1=C(C#N)C(C)CC(=O)N1. The van der Waals surface area contributed by atoms with Crippen LogP contribution >= 0.6 is 0 Å². The number of nitriles is 1. The highest BCUT2D eigenvalue weighted by atomic mass is 16.5. The van der Waals surface area contributed by atoms with Crippen LogP contribution in [0.2, 0.25) is 0 Å². The third kappa shape index (κ3) is 1.40. The monoisotopic (exact) mass is 166 g/mol. The van der Waals surface area contributed by atoms with Crippen LogP contribution in [0.25, 0.3) is 0 Å². The van der Waals surface area contributed by atoms with Gasteiger partial charge in [0.25, 0.3) is 0 Å². The number of nitrogens with one attached hydrogen (secondary N) is 1. The van der Waals surface area contributed by atoms with Crippen LogP contribution < -0.4 is 5.32 Å². The Morgan fingerprint density at radius 1 is 1.75 bits per heavy atom. The quantitative estimate of drug-likeness (QED) is 0.617. The second-order valence-electron chi connectivity index (χ2n) is 2.71. The van der Waals surface area contributed by atoms with Gasteiger partial charge in [0.05, 0.1) is 12.7 Å². The van der Waals surface area contributed by atoms with E-state index in [1.54, 1.807) is 0 Å². The van der Waals surface area contributed by atoms with Gasteiger partial charge in [-0.3, -0.25) is 10.1 Å². The van der Waals surface area contributed by atoms with Crippen molar-refractivity contribution in [2.24, 2.45) is 5.92 Å². The first-order valence-electron chi connectivity index (χ1n) is 3.67. The molecule has 0 aliphatic carbocycles. The smallest absolute Gasteiger partial charge is 0.227 e. The summed E-state index contributed by atoms with van der Waals surface area (Å²) in [5, 5.41) is 11.2. The van der Waals surface area contributed by atoms with Crippen molar-refractivity contribution in [3.8, 4) is 6.07 Å². The van der Waals surface area contributed by atoms with E-state index in [1.165, 1.54) is 7.11 Å². The lowest BCUT2D eigenvalue weighted by atomic mass is 9.96. The molecule has 1 atom stereocenters. The lowest BCUT2D eigenvalue weighted by molar-refractivity contribution is -0.122. The molecule has 0 bridgehead atoms. The molecule has 0 saturated heterocycles. The minimum atomic E-state index is -0.0987. The molecule has 0 aromatic heterocycles. The van der Waals surface area contributed by atoms with Crippen molar-refractivity contribution in [3.05, 3.63) is 11.5 Å². The molecule has 1 amide bonds. The molecule has 1 N–H and O–H groups in total. The highest BCUT2D eigenvalue weighted by Gasteiger charge is 2.24. The van der Waals surface area contributed by atoms with Crippen molar-refractivity contribution >= 4 is 5.91 Å². The molecule has 0 saturated carbocycles. The summed E-state index contributed by atoms with van der Waals surface area (Å²) in [7, 11) is 1.44. The van der Waals surface area contributed by atoms with Gasteiger partial charge in [0.15, 0.2) is 0 Å². The van der Waals surface area contributed by atoms with Crippen LogP contribution in [0.3, 0.4) is 0 Å². The Hall–Kier alpha value is -1.50. The third-order valence-electron chi connectivity index (χ3n) is 1.81. The summed E-state index contributed by atoms with van der Waals surface area (Å²) in [6.07, 6.45) is 0.357. The van der Waals surface area contributed by atoms with Gasteiger partial charge in [-0.1, -0.05) is 6.92 Å². The number of amides is 1. The molecule has 1 aliphatic heterocycles. The van der Waals surface area contributed by atoms with Gasteiger partial charge in [0, 0.05) is 12.3 Å². The zero-order valence-corrected chi connectivity index (χ0v) is 7.05. The standard InChI is InChI=1S/C8H10N2O2/c1-5-3-7(11)10-8(12-2)6(5)4-9/h5H,3H2,1-2H3,(H,10,11). The minimum Gasteiger partial charge on any atom is -0.482 e. The molecule has 4 heteroatoms. The molecule has 0 radical (unpaired) electrons. The molecular formula is C8H10N2O2. The van der Waals surface area contributed by atoms with E-state index in [2.05, 4.69) is 5.32 Å². The van der Waals surface area contributed by atoms with Crippen LogP contribution in [-0.2, 0) is 9.53 Å². The molecule has 1 unspecified atom stereocenters. The summed E-state index contributed by atoms with van der Waals surface area (Å²) in [5.41, 5.74) is 0.511. The van der Waals surface area contributed by atoms with Crippen molar-refractivity contribution in [3.63, 3.8) is 0 Å². The predicted octanol–water partition coefficient (Wildman–Crippen LogP) is 0.524. The van der Waals surface area contributed by atoms with Gasteiger partial charge in [-0.25, -0.2) is 0 Å². The maximum atomic E-state index is 11.0. The molecule has 0 aromatic rings. The van der Waals surface area contributed by atoms with E-state index in [-0.39, 0.29) is 11.8 Å². The number of hydrogen-bond donors (Lipinski definition) is 1. The summed E-state index contributed by atoms with van der Waals surface area (Å²) in [6.45, 7) is 1.83. The lowest BCUT2D eigenvalue weighted by Gasteiger charge is -2.20. The number of carbonyl (C=O) groups is 1. The number of hydrogen-bond acceptors (Lipinski definition) is 3. The Balaban J connectivity index is 2.99. The zero-order valence-electron chi connectivity index (χ0n) is 7.05. The second kappa shape index (κ2) is 3.26. The molecule has 64 valence electrons. The zero-order chi connectivity index (χ0) is 9.14. The van der Waals surface area contributed by atoms with Crippen LogP contribution in [0.15, 0.2) is 11.5 Å². The van der Waals surface area contributed by atoms with Gasteiger partial charge < -0.3 is 4.74 Å². The largest absolute Gasteiger partial charge is 0.482 e. The van der Waals surface area contributed by atoms with Crippen LogP contribution in [0, 0.1) is 17.2 Å². The first-order chi connectivity index (χ1) is 5.69. The van der Waals surface area contributed by atoms with Crippen molar-refractivity contribution in [1.29, 1.82) is 5.26 Å². The van der Waals surface area contributed by atoms with Crippen molar-refractivity contribution < 1.29 is 9.53 Å². The van der Waals surface area contributed by atoms with Crippen LogP contribution in [0.4, 0.5) is 0 Å². The first kappa shape index (κ1) is 8.60. The number of allylic oxidation sites excluding steroid dienone is 1. The normalized spacial score (nSPS) is 23.1. The Morgan fingerprint density at radius 2 is 2.42 bits per heavy atom. The molecule has 1 rings (SSSR count). The van der Waals surface area contributed by atoms with Gasteiger partial charge in [0.1, 0.15) is 6.07 Å². The van der Waals surface area contributed by atoms with Gasteiger partial charge in [0.2, 0.25) is 11.8 Å². The predicted molar refractivity (Wildman–Crippen MR) is 41.6 cm³/mol. The maximum Gasteiger partial charge on any atom is 0.227 e. The molecule has 12 heavy (non-hydrogen) atoms. The Bertz CT molecular complexity index is 275. The molecule has 1 heterocycles. The lowest BCUT2D eigenvalue weighted by Crippen LogP contribution is -2.32. The van der Waals surface area contributed by atoms with Crippen LogP contribution in [-0.4, -0.2) is 13.0 Å².